The molecule has 0 saturated heterocycles. The third-order valence-corrected chi connectivity index (χ3v) is 4.01. The first-order valence-corrected chi connectivity index (χ1v) is 7.74. The Morgan fingerprint density at radius 2 is 2.16 bits per heavy atom. The van der Waals surface area contributed by atoms with Crippen molar-refractivity contribution in [3.8, 4) is 0 Å². The molecule has 1 amide bonds. The summed E-state index contributed by atoms with van der Waals surface area (Å²) in [6.07, 6.45) is 2.37. The number of nitrogens with two attached hydrogens (primary N) is 1. The van der Waals surface area contributed by atoms with E-state index in [0.717, 1.165) is 18.5 Å². The zero-order valence-corrected chi connectivity index (χ0v) is 13.1. The normalized spacial score (nSPS) is 12.7. The number of nitrogens with one attached hydrogen (secondary N) is 1. The van der Waals surface area contributed by atoms with Crippen LogP contribution in [0.15, 0.2) is 0 Å². The maximum Gasteiger partial charge on any atom is 0.226 e. The monoisotopic (exact) mass is 283 g/mol. The predicted octanol–water partition coefficient (Wildman–Crippen LogP) is 2.96. The lowest BCUT2D eigenvalue weighted by molar-refractivity contribution is -0.117. The number of hydrogen-bond donors (Lipinski definition) is 2. The number of rotatable bonds is 7. The van der Waals surface area contributed by atoms with E-state index in [4.69, 9.17) is 5.73 Å². The van der Waals surface area contributed by atoms with Crippen LogP contribution in [0.3, 0.4) is 0 Å². The van der Waals surface area contributed by atoms with Crippen molar-refractivity contribution in [1.82, 2.24) is 4.98 Å². The molecule has 3 N–H and O–H groups in total. The van der Waals surface area contributed by atoms with Crippen LogP contribution in [0.25, 0.3) is 0 Å². The van der Waals surface area contributed by atoms with E-state index in [2.05, 4.69) is 31.1 Å². The number of carbonyl (C=O) groups is 1. The highest BCUT2D eigenvalue weighted by Crippen LogP contribution is 2.23. The molecule has 1 rings (SSSR count). The van der Waals surface area contributed by atoms with E-state index in [1.165, 1.54) is 4.88 Å². The maximum atomic E-state index is 12.0. The van der Waals surface area contributed by atoms with Crippen LogP contribution in [0.2, 0.25) is 0 Å². The summed E-state index contributed by atoms with van der Waals surface area (Å²) in [6, 6.07) is 0. The van der Waals surface area contributed by atoms with Gasteiger partial charge in [-0.1, -0.05) is 20.8 Å². The van der Waals surface area contributed by atoms with Crippen LogP contribution in [-0.4, -0.2) is 17.4 Å². The van der Waals surface area contributed by atoms with Gasteiger partial charge in [-0.3, -0.25) is 4.79 Å². The van der Waals surface area contributed by atoms with Gasteiger partial charge in [-0.2, -0.15) is 0 Å². The fourth-order valence-electron chi connectivity index (χ4n) is 2.17. The summed E-state index contributed by atoms with van der Waals surface area (Å²) in [5, 5.41) is 3.60. The third kappa shape index (κ3) is 5.28. The summed E-state index contributed by atoms with van der Waals surface area (Å²) >= 11 is 1.54. The molecule has 0 saturated carbocycles. The second-order valence-corrected chi connectivity index (χ2v) is 6.56. The molecular formula is C14H25N3OS. The molecule has 4 nitrogen and oxygen atoms in total. The van der Waals surface area contributed by atoms with Gasteiger partial charge in [0.1, 0.15) is 0 Å². The summed E-state index contributed by atoms with van der Waals surface area (Å²) in [5.74, 6) is 0.842. The number of hydrogen-bond acceptors (Lipinski definition) is 4. The van der Waals surface area contributed by atoms with Crippen LogP contribution in [-0.2, 0) is 11.2 Å². The maximum absolute atomic E-state index is 12.0. The SMILES string of the molecule is CCc1nc(NC(=O)CC(CN)CC(C)C)sc1C. The van der Waals surface area contributed by atoms with Gasteiger partial charge in [-0.15, -0.1) is 11.3 Å². The smallest absolute Gasteiger partial charge is 0.226 e. The lowest BCUT2D eigenvalue weighted by Gasteiger charge is -2.15. The lowest BCUT2D eigenvalue weighted by atomic mass is 9.94. The van der Waals surface area contributed by atoms with Crippen molar-refractivity contribution >= 4 is 22.4 Å². The van der Waals surface area contributed by atoms with Crippen molar-refractivity contribution in [3.05, 3.63) is 10.6 Å². The van der Waals surface area contributed by atoms with E-state index < -0.39 is 0 Å². The molecule has 1 atom stereocenters. The van der Waals surface area contributed by atoms with Gasteiger partial charge in [-0.05, 0) is 38.1 Å². The Morgan fingerprint density at radius 1 is 1.47 bits per heavy atom. The molecule has 1 aromatic rings. The van der Waals surface area contributed by atoms with Gasteiger partial charge in [0.25, 0.3) is 0 Å². The molecule has 0 spiro atoms. The van der Waals surface area contributed by atoms with E-state index in [0.29, 0.717) is 24.0 Å². The second-order valence-electron chi connectivity index (χ2n) is 5.36. The molecular weight excluding hydrogens is 258 g/mol. The Bertz CT molecular complexity index is 415. The molecule has 19 heavy (non-hydrogen) atoms. The number of thiazole rings is 1. The van der Waals surface area contributed by atoms with Gasteiger partial charge >= 0.3 is 0 Å². The third-order valence-electron chi connectivity index (χ3n) is 3.09. The summed E-state index contributed by atoms with van der Waals surface area (Å²) in [5.41, 5.74) is 6.79. The van der Waals surface area contributed by atoms with Gasteiger partial charge in [-0.25, -0.2) is 4.98 Å². The summed E-state index contributed by atoms with van der Waals surface area (Å²) in [6.45, 7) is 8.97. The van der Waals surface area contributed by atoms with Gasteiger partial charge in [0.2, 0.25) is 5.91 Å². The van der Waals surface area contributed by atoms with Gasteiger partial charge in [0.15, 0.2) is 5.13 Å². The Labute approximate surface area is 119 Å². The minimum Gasteiger partial charge on any atom is -0.330 e. The topological polar surface area (TPSA) is 68.0 Å². The fourth-order valence-corrected chi connectivity index (χ4v) is 3.09. The van der Waals surface area contributed by atoms with Crippen LogP contribution < -0.4 is 11.1 Å². The first-order valence-electron chi connectivity index (χ1n) is 6.92. The van der Waals surface area contributed by atoms with E-state index in [1.807, 2.05) is 6.92 Å². The molecule has 0 aliphatic carbocycles. The van der Waals surface area contributed by atoms with Crippen molar-refractivity contribution < 1.29 is 4.79 Å². The average Bonchev–Trinajstić information content (AvgIpc) is 2.67. The predicted molar refractivity (Wildman–Crippen MR) is 81.5 cm³/mol. The van der Waals surface area contributed by atoms with E-state index >= 15 is 0 Å². The molecule has 0 radical (unpaired) electrons. The standard InChI is InChI=1S/C14H25N3OS/c1-5-12-10(4)19-14(16-12)17-13(18)7-11(8-15)6-9(2)3/h9,11H,5-8,15H2,1-4H3,(H,16,17,18). The van der Waals surface area contributed by atoms with Crippen LogP contribution >= 0.6 is 11.3 Å². The zero-order chi connectivity index (χ0) is 14.4. The van der Waals surface area contributed by atoms with Crippen LogP contribution in [0, 0.1) is 18.8 Å². The second kappa shape index (κ2) is 7.60. The Kier molecular flexibility index (Phi) is 6.45. The van der Waals surface area contributed by atoms with Crippen molar-refractivity contribution in [2.75, 3.05) is 11.9 Å². The van der Waals surface area contributed by atoms with Gasteiger partial charge < -0.3 is 11.1 Å². The molecule has 0 aromatic carbocycles. The van der Waals surface area contributed by atoms with Gasteiger partial charge in [0.05, 0.1) is 5.69 Å². The molecule has 1 unspecified atom stereocenters. The highest BCUT2D eigenvalue weighted by atomic mass is 32.1. The summed E-state index contributed by atoms with van der Waals surface area (Å²) < 4.78 is 0. The molecule has 0 aliphatic heterocycles. The molecule has 0 bridgehead atoms. The molecule has 5 heteroatoms. The Balaban J connectivity index is 2.53. The van der Waals surface area contributed by atoms with Gasteiger partial charge in [0, 0.05) is 11.3 Å². The van der Waals surface area contributed by atoms with E-state index in [9.17, 15) is 4.79 Å². The van der Waals surface area contributed by atoms with Crippen LogP contribution in [0.5, 0.6) is 0 Å². The number of aromatic nitrogens is 1. The largest absolute Gasteiger partial charge is 0.330 e. The number of nitrogens with zero attached hydrogens (tertiary/aromatic N) is 1. The minimum absolute atomic E-state index is 0.0208. The molecule has 108 valence electrons. The number of carbonyl (C=O) groups excluding carboxylic acids is 1. The lowest BCUT2D eigenvalue weighted by Crippen LogP contribution is -2.23. The highest BCUT2D eigenvalue weighted by Gasteiger charge is 2.15. The number of anilines is 1. The van der Waals surface area contributed by atoms with Crippen molar-refractivity contribution in [2.24, 2.45) is 17.6 Å². The highest BCUT2D eigenvalue weighted by molar-refractivity contribution is 7.15. The van der Waals surface area contributed by atoms with Crippen molar-refractivity contribution in [2.45, 2.75) is 47.0 Å². The van der Waals surface area contributed by atoms with E-state index in [1.54, 1.807) is 11.3 Å². The molecule has 1 heterocycles. The molecule has 0 fully saturated rings. The Morgan fingerprint density at radius 3 is 2.63 bits per heavy atom. The van der Waals surface area contributed by atoms with Crippen molar-refractivity contribution in [3.63, 3.8) is 0 Å². The number of aryl methyl sites for hydroxylation is 2. The fraction of sp³-hybridized carbons (Fsp3) is 0.714. The zero-order valence-electron chi connectivity index (χ0n) is 12.3. The first kappa shape index (κ1) is 16.1. The summed E-state index contributed by atoms with van der Waals surface area (Å²) in [4.78, 5) is 17.6. The summed E-state index contributed by atoms with van der Waals surface area (Å²) in [7, 11) is 0. The number of amides is 1. The quantitative estimate of drug-likeness (QED) is 0.808. The van der Waals surface area contributed by atoms with E-state index in [-0.39, 0.29) is 11.8 Å². The van der Waals surface area contributed by atoms with Crippen LogP contribution in [0.4, 0.5) is 5.13 Å². The average molecular weight is 283 g/mol. The minimum atomic E-state index is 0.0208. The molecule has 0 aliphatic rings. The molecule has 1 aromatic heterocycles. The van der Waals surface area contributed by atoms with Crippen LogP contribution in [0.1, 0.15) is 44.2 Å². The first-order chi connectivity index (χ1) is 8.96. The van der Waals surface area contributed by atoms with Crippen molar-refractivity contribution in [1.29, 1.82) is 0 Å². The Hall–Kier alpha value is -0.940.